The van der Waals surface area contributed by atoms with Gasteiger partial charge < -0.3 is 20.4 Å². The van der Waals surface area contributed by atoms with E-state index >= 15 is 0 Å². The maximum absolute atomic E-state index is 9.86. The SMILES string of the molecule is C[C@@H](O)CN1CCN(C[C@@H](C)O)CCN(C[C@@H](C)O)CCN(C[C@@H](C)O)CC1.[Co+2]. The maximum atomic E-state index is 9.86. The molecule has 0 aromatic rings. The summed E-state index contributed by atoms with van der Waals surface area (Å²) in [5.41, 5.74) is 0. The van der Waals surface area contributed by atoms with Crippen LogP contribution in [-0.2, 0) is 16.8 Å². The van der Waals surface area contributed by atoms with Gasteiger partial charge in [0.1, 0.15) is 0 Å². The van der Waals surface area contributed by atoms with E-state index in [-0.39, 0.29) is 41.2 Å². The third-order valence-electron chi connectivity index (χ3n) is 5.02. The second-order valence-corrected chi connectivity index (χ2v) is 8.60. The summed E-state index contributed by atoms with van der Waals surface area (Å²) in [5.74, 6) is 0. The van der Waals surface area contributed by atoms with Gasteiger partial charge >= 0.3 is 16.8 Å². The Morgan fingerprint density at radius 3 is 0.690 bits per heavy atom. The van der Waals surface area contributed by atoms with E-state index in [1.165, 1.54) is 0 Å². The van der Waals surface area contributed by atoms with Crippen molar-refractivity contribution in [3.8, 4) is 0 Å². The fourth-order valence-corrected chi connectivity index (χ4v) is 3.80. The molecule has 1 saturated heterocycles. The molecule has 1 aliphatic heterocycles. The van der Waals surface area contributed by atoms with Gasteiger partial charge in [-0.15, -0.1) is 0 Å². The molecule has 1 aliphatic rings. The van der Waals surface area contributed by atoms with Gasteiger partial charge in [-0.2, -0.15) is 0 Å². The van der Waals surface area contributed by atoms with Crippen LogP contribution in [0.4, 0.5) is 0 Å². The molecule has 4 atom stereocenters. The van der Waals surface area contributed by atoms with Gasteiger partial charge in [-0.3, -0.25) is 19.6 Å². The van der Waals surface area contributed by atoms with E-state index in [1.807, 2.05) is 27.7 Å². The monoisotopic (exact) mass is 463 g/mol. The molecule has 0 saturated carbocycles. The number of β-amino-alcohol motifs (C(OH)–C–C–N with tert-alkyl or cyclic N) is 4. The first-order valence-corrected chi connectivity index (χ1v) is 10.8. The maximum Gasteiger partial charge on any atom is 2.00 e. The molecule has 0 aromatic heterocycles. The molecular formula is C20H44CoN4O4+2. The van der Waals surface area contributed by atoms with E-state index in [4.69, 9.17) is 0 Å². The Kier molecular flexibility index (Phi) is 16.0. The molecule has 0 spiro atoms. The molecular weight excluding hydrogens is 419 g/mol. The average Bonchev–Trinajstić information content (AvgIpc) is 2.55. The normalized spacial score (nSPS) is 24.0. The number of rotatable bonds is 8. The van der Waals surface area contributed by atoms with Crippen molar-refractivity contribution in [2.24, 2.45) is 0 Å². The molecule has 1 fully saturated rings. The van der Waals surface area contributed by atoms with Crippen molar-refractivity contribution in [1.29, 1.82) is 0 Å². The molecule has 175 valence electrons. The largest absolute Gasteiger partial charge is 2.00 e. The molecule has 4 N–H and O–H groups in total. The van der Waals surface area contributed by atoms with Crippen molar-refractivity contribution in [3.63, 3.8) is 0 Å². The minimum atomic E-state index is -0.384. The number of aliphatic hydroxyl groups excluding tert-OH is 4. The Hall–Kier alpha value is 0.186. The smallest absolute Gasteiger partial charge is 0.392 e. The zero-order valence-corrected chi connectivity index (χ0v) is 19.7. The first-order valence-electron chi connectivity index (χ1n) is 10.8. The standard InChI is InChI=1S/C20H44N4O4.Co/c1-17(25)13-21-5-7-22(14-18(2)26)9-11-24(16-20(4)28)12-10-23(8-6-21)15-19(3)27;/h17-20,25-28H,5-16H2,1-4H3;/q;+2/t17-,18-,19-,20-;/m1./s1. The van der Waals surface area contributed by atoms with Gasteiger partial charge in [-0.25, -0.2) is 0 Å². The Morgan fingerprint density at radius 2 is 0.586 bits per heavy atom. The van der Waals surface area contributed by atoms with Crippen molar-refractivity contribution in [3.05, 3.63) is 0 Å². The van der Waals surface area contributed by atoms with Crippen LogP contribution in [0.15, 0.2) is 0 Å². The Morgan fingerprint density at radius 1 is 0.448 bits per heavy atom. The molecule has 0 aliphatic carbocycles. The summed E-state index contributed by atoms with van der Waals surface area (Å²) in [5, 5.41) is 39.4. The third-order valence-corrected chi connectivity index (χ3v) is 5.02. The average molecular weight is 464 g/mol. The molecule has 29 heavy (non-hydrogen) atoms. The Balaban J connectivity index is 0.00000784. The molecule has 1 radical (unpaired) electrons. The van der Waals surface area contributed by atoms with Crippen molar-refractivity contribution in [2.75, 3.05) is 78.5 Å². The number of hydrogen-bond acceptors (Lipinski definition) is 8. The van der Waals surface area contributed by atoms with Gasteiger partial charge in [-0.1, -0.05) is 0 Å². The van der Waals surface area contributed by atoms with Crippen LogP contribution in [0.2, 0.25) is 0 Å². The summed E-state index contributed by atoms with van der Waals surface area (Å²) in [7, 11) is 0. The van der Waals surface area contributed by atoms with Gasteiger partial charge in [0.05, 0.1) is 24.4 Å². The molecule has 0 aromatic carbocycles. The van der Waals surface area contributed by atoms with Crippen molar-refractivity contribution < 1.29 is 37.2 Å². The zero-order valence-electron chi connectivity index (χ0n) is 18.7. The number of hydrogen-bond donors (Lipinski definition) is 4. The zero-order chi connectivity index (χ0) is 21.1. The van der Waals surface area contributed by atoms with Gasteiger partial charge in [0, 0.05) is 78.5 Å². The van der Waals surface area contributed by atoms with Crippen LogP contribution in [0.25, 0.3) is 0 Å². The van der Waals surface area contributed by atoms with Gasteiger partial charge in [0.2, 0.25) is 0 Å². The van der Waals surface area contributed by atoms with E-state index in [0.29, 0.717) is 26.2 Å². The Labute approximate surface area is 187 Å². The molecule has 0 unspecified atom stereocenters. The fourth-order valence-electron chi connectivity index (χ4n) is 3.80. The molecule has 1 heterocycles. The summed E-state index contributed by atoms with van der Waals surface area (Å²) in [6, 6.07) is 0. The molecule has 8 nitrogen and oxygen atoms in total. The molecule has 1 rings (SSSR count). The first kappa shape index (κ1) is 29.2. The third kappa shape index (κ3) is 14.8. The van der Waals surface area contributed by atoms with E-state index in [2.05, 4.69) is 19.6 Å². The second kappa shape index (κ2) is 15.9. The van der Waals surface area contributed by atoms with Crippen LogP contribution in [0.5, 0.6) is 0 Å². The minimum absolute atomic E-state index is 0. The van der Waals surface area contributed by atoms with Gasteiger partial charge in [0.15, 0.2) is 0 Å². The number of nitrogens with zero attached hydrogens (tertiary/aromatic N) is 4. The van der Waals surface area contributed by atoms with E-state index in [0.717, 1.165) is 52.4 Å². The van der Waals surface area contributed by atoms with Crippen molar-refractivity contribution >= 4 is 0 Å². The quantitative estimate of drug-likeness (QED) is 0.354. The topological polar surface area (TPSA) is 93.9 Å². The van der Waals surface area contributed by atoms with E-state index in [9.17, 15) is 20.4 Å². The summed E-state index contributed by atoms with van der Waals surface area (Å²) < 4.78 is 0. The van der Waals surface area contributed by atoms with E-state index in [1.54, 1.807) is 0 Å². The van der Waals surface area contributed by atoms with Crippen LogP contribution in [0, 0.1) is 0 Å². The minimum Gasteiger partial charge on any atom is -0.392 e. The number of aliphatic hydroxyl groups is 4. The second-order valence-electron chi connectivity index (χ2n) is 8.60. The summed E-state index contributed by atoms with van der Waals surface area (Å²) in [4.78, 5) is 9.07. The summed E-state index contributed by atoms with van der Waals surface area (Å²) in [6.45, 7) is 16.4. The molecule has 0 bridgehead atoms. The molecule has 9 heteroatoms. The molecule has 0 amide bonds. The van der Waals surface area contributed by atoms with Crippen LogP contribution in [0.1, 0.15) is 27.7 Å². The fraction of sp³-hybridized carbons (Fsp3) is 1.00. The van der Waals surface area contributed by atoms with E-state index < -0.39 is 0 Å². The van der Waals surface area contributed by atoms with Gasteiger partial charge in [-0.05, 0) is 27.7 Å². The van der Waals surface area contributed by atoms with Gasteiger partial charge in [0.25, 0.3) is 0 Å². The predicted octanol–water partition coefficient (Wildman–Crippen LogP) is -1.27. The van der Waals surface area contributed by atoms with Crippen LogP contribution in [0.3, 0.4) is 0 Å². The van der Waals surface area contributed by atoms with Crippen LogP contribution < -0.4 is 0 Å². The van der Waals surface area contributed by atoms with Crippen molar-refractivity contribution in [2.45, 2.75) is 52.1 Å². The summed E-state index contributed by atoms with van der Waals surface area (Å²) >= 11 is 0. The Bertz CT molecular complexity index is 315. The predicted molar refractivity (Wildman–Crippen MR) is 112 cm³/mol. The van der Waals surface area contributed by atoms with Crippen LogP contribution >= 0.6 is 0 Å². The first-order chi connectivity index (χ1) is 13.2. The summed E-state index contributed by atoms with van der Waals surface area (Å²) in [6.07, 6.45) is -1.54. The van der Waals surface area contributed by atoms with Crippen LogP contribution in [-0.4, -0.2) is 143 Å². The van der Waals surface area contributed by atoms with Crippen molar-refractivity contribution in [1.82, 2.24) is 19.6 Å².